The first-order valence-electron chi connectivity index (χ1n) is 26.7. The fraction of sp³-hybridized carbons (Fsp3) is 0.491. The van der Waals surface area contributed by atoms with Crippen LogP contribution in [0, 0.1) is 18.8 Å². The summed E-state index contributed by atoms with van der Waals surface area (Å²) in [4.78, 5) is 44.5. The minimum atomic E-state index is -0.802. The minimum absolute atomic E-state index is 0.0789. The Bertz CT molecular complexity index is 2890. The van der Waals surface area contributed by atoms with Gasteiger partial charge in [-0.3, -0.25) is 9.59 Å². The van der Waals surface area contributed by atoms with E-state index in [1.54, 1.807) is 29.7 Å². The molecular formula is C57H70N10O7S. The molecule has 1 saturated carbocycles. The maximum atomic E-state index is 14.4. The Morgan fingerprint density at radius 1 is 0.893 bits per heavy atom. The lowest BCUT2D eigenvalue weighted by atomic mass is 9.91. The van der Waals surface area contributed by atoms with Crippen molar-refractivity contribution in [3.05, 3.63) is 113 Å². The Kier molecular flexibility index (Phi) is 16.1. The lowest BCUT2D eigenvalue weighted by Gasteiger charge is -2.41. The predicted molar refractivity (Wildman–Crippen MR) is 287 cm³/mol. The summed E-state index contributed by atoms with van der Waals surface area (Å²) in [5.74, 6) is 1.64. The van der Waals surface area contributed by atoms with Gasteiger partial charge in [-0.2, -0.15) is 0 Å². The summed E-state index contributed by atoms with van der Waals surface area (Å²) in [7, 11) is 0. The molecule has 4 aromatic heterocycles. The summed E-state index contributed by atoms with van der Waals surface area (Å²) in [5, 5.41) is 37.0. The van der Waals surface area contributed by atoms with E-state index in [9.17, 15) is 19.8 Å². The summed E-state index contributed by atoms with van der Waals surface area (Å²) in [6.45, 7) is 12.8. The van der Waals surface area contributed by atoms with Crippen molar-refractivity contribution in [1.29, 1.82) is 0 Å². The molecule has 2 amide bonds. The van der Waals surface area contributed by atoms with E-state index >= 15 is 0 Å². The van der Waals surface area contributed by atoms with Gasteiger partial charge in [0, 0.05) is 82.4 Å². The second-order valence-corrected chi connectivity index (χ2v) is 22.2. The van der Waals surface area contributed by atoms with E-state index in [1.807, 2.05) is 93.9 Å². The van der Waals surface area contributed by atoms with E-state index < -0.39 is 18.1 Å². The van der Waals surface area contributed by atoms with Gasteiger partial charge in [-0.25, -0.2) is 9.97 Å². The van der Waals surface area contributed by atoms with E-state index in [2.05, 4.69) is 40.4 Å². The van der Waals surface area contributed by atoms with E-state index in [4.69, 9.17) is 19.7 Å². The maximum absolute atomic E-state index is 14.4. The summed E-state index contributed by atoms with van der Waals surface area (Å²) in [6, 6.07) is 21.8. The molecule has 75 heavy (non-hydrogen) atoms. The lowest BCUT2D eigenvalue weighted by molar-refractivity contribution is -0.141. The number of carbonyl (C=O) groups is 2. The van der Waals surface area contributed by atoms with E-state index in [0.717, 1.165) is 116 Å². The molecule has 0 unspecified atom stereocenters. The van der Waals surface area contributed by atoms with Crippen molar-refractivity contribution < 1.29 is 33.8 Å². The number of pyridine rings is 1. The van der Waals surface area contributed by atoms with Crippen LogP contribution in [0.2, 0.25) is 0 Å². The first kappa shape index (κ1) is 52.0. The van der Waals surface area contributed by atoms with Crippen LogP contribution in [0.3, 0.4) is 0 Å². The summed E-state index contributed by atoms with van der Waals surface area (Å²) in [5.41, 5.74) is 14.2. The van der Waals surface area contributed by atoms with Crippen LogP contribution in [-0.2, 0) is 27.2 Å². The highest BCUT2D eigenvalue weighted by atomic mass is 32.1. The number of nitrogens with zero attached hydrogens (tertiary/aromatic N) is 8. The number of nitrogens with two attached hydrogens (primary N) is 1. The van der Waals surface area contributed by atoms with Gasteiger partial charge in [0.15, 0.2) is 11.6 Å². The number of likely N-dealkylation sites (tertiary alicyclic amines) is 2. The Labute approximate surface area is 442 Å². The zero-order valence-electron chi connectivity index (χ0n) is 43.4. The number of hydrogen-bond donors (Lipinski definition) is 4. The highest BCUT2D eigenvalue weighted by Crippen LogP contribution is 2.36. The van der Waals surface area contributed by atoms with Gasteiger partial charge >= 0.3 is 0 Å². The highest BCUT2D eigenvalue weighted by molar-refractivity contribution is 7.13. The number of para-hydroxylation sites is 1. The molecule has 0 radical (unpaired) electrons. The number of β-amino-alcohol motifs (C(OH)–C–C–N with tert-alkyl or cyclic N) is 1. The third-order valence-corrected chi connectivity index (χ3v) is 16.7. The standard InChI is InChI=1S/C57H70N10O7S/c1-34(2)53(57(71)67-32-42(68)27-48(67)56(70)61-35(3)39-11-13-40(14-12-39)54-36(4)60-33-75-54)50-30-51(64-74-50)66-23-16-38(17-24-66)31-65-21-18-43(19-22-65)72-44-28-45(29-44)73-52-25-37(15-20-59-52)9-10-41-26-47(62-63-55(41)58)46-7-5-6-8-49(46)69/h5-8,11-15,20,25-26,30,33-35,38,42-45,48,53,68-69H,9-10,16-19,21-24,27-29,31-32H2,1-4H3,(H2,58,63)(H,61,70)/t35-,42+,44-,45-,48-,53+/m0/s1. The van der Waals surface area contributed by atoms with E-state index in [1.165, 1.54) is 4.90 Å². The number of aromatic nitrogens is 5. The van der Waals surface area contributed by atoms with Crippen LogP contribution >= 0.6 is 11.3 Å². The second kappa shape index (κ2) is 23.2. The third-order valence-electron chi connectivity index (χ3n) is 15.7. The highest BCUT2D eigenvalue weighted by Gasteiger charge is 2.44. The molecule has 17 nitrogen and oxygen atoms in total. The minimum Gasteiger partial charge on any atom is -0.507 e. The number of benzene rings is 2. The number of nitrogens with one attached hydrogen (secondary N) is 1. The predicted octanol–water partition coefficient (Wildman–Crippen LogP) is 7.92. The van der Waals surface area contributed by atoms with Gasteiger partial charge in [0.25, 0.3) is 0 Å². The number of phenolic OH excluding ortho intramolecular Hbond substituents is 1. The smallest absolute Gasteiger partial charge is 0.243 e. The van der Waals surface area contributed by atoms with Crippen molar-refractivity contribution in [3.8, 4) is 33.3 Å². The van der Waals surface area contributed by atoms with Gasteiger partial charge in [0.2, 0.25) is 17.7 Å². The van der Waals surface area contributed by atoms with Gasteiger partial charge in [-0.1, -0.05) is 55.4 Å². The molecule has 396 valence electrons. The van der Waals surface area contributed by atoms with Gasteiger partial charge in [-0.05, 0) is 111 Å². The van der Waals surface area contributed by atoms with Crippen molar-refractivity contribution in [3.63, 3.8) is 0 Å². The number of aliphatic hydroxyl groups is 1. The van der Waals surface area contributed by atoms with Crippen molar-refractivity contribution in [1.82, 2.24) is 40.4 Å². The number of carbonyl (C=O) groups excluding carboxylic acids is 2. The Balaban J connectivity index is 0.635. The van der Waals surface area contributed by atoms with Crippen LogP contribution in [0.25, 0.3) is 21.7 Å². The number of nitrogen functional groups attached to an aromatic ring is 1. The normalized spacial score (nSPS) is 21.5. The van der Waals surface area contributed by atoms with Gasteiger partial charge < -0.3 is 50.0 Å². The molecule has 5 N–H and O–H groups in total. The molecule has 10 rings (SSSR count). The van der Waals surface area contributed by atoms with Crippen LogP contribution in [0.15, 0.2) is 89.0 Å². The number of thiazole rings is 1. The molecule has 18 heteroatoms. The summed E-state index contributed by atoms with van der Waals surface area (Å²) in [6.07, 6.45) is 8.92. The fourth-order valence-electron chi connectivity index (χ4n) is 11.2. The van der Waals surface area contributed by atoms with Gasteiger partial charge in [0.05, 0.1) is 46.1 Å². The van der Waals surface area contributed by atoms with Crippen LogP contribution in [0.1, 0.15) is 106 Å². The SMILES string of the molecule is Cc1ncsc1-c1ccc([C@H](C)NC(=O)[C@@H]2C[C@@H](O)CN2C(=O)[C@@H](c2cc(N3CCC(CN4CCC(O[C@H]5C[C@H](Oc6cc(CCc7cc(-c8ccccc8O)nnc7N)ccn6)C5)CC4)CC3)no2)C(C)C)cc1. The molecule has 6 aromatic rings. The van der Waals surface area contributed by atoms with Crippen molar-refractivity contribution in [2.24, 2.45) is 11.8 Å². The molecule has 0 spiro atoms. The Morgan fingerprint density at radius 3 is 2.40 bits per heavy atom. The zero-order chi connectivity index (χ0) is 52.2. The molecule has 4 aliphatic rings. The molecule has 3 aliphatic heterocycles. The molecule has 3 saturated heterocycles. The van der Waals surface area contributed by atoms with Gasteiger partial charge in [0.1, 0.15) is 29.6 Å². The van der Waals surface area contributed by atoms with E-state index in [-0.39, 0.29) is 60.8 Å². The topological polar surface area (TPSA) is 218 Å². The number of hydrogen-bond acceptors (Lipinski definition) is 16. The number of piperidine rings is 2. The molecule has 4 atom stereocenters. The molecule has 0 bridgehead atoms. The third kappa shape index (κ3) is 12.3. The maximum Gasteiger partial charge on any atom is 0.243 e. The fourth-order valence-corrected chi connectivity index (χ4v) is 12.0. The number of anilines is 2. The second-order valence-electron chi connectivity index (χ2n) is 21.4. The largest absolute Gasteiger partial charge is 0.507 e. The summed E-state index contributed by atoms with van der Waals surface area (Å²) < 4.78 is 18.8. The van der Waals surface area contributed by atoms with Crippen molar-refractivity contribution in [2.75, 3.05) is 49.9 Å². The number of aliphatic hydroxyl groups excluding tert-OH is 1. The molecular weight excluding hydrogens is 969 g/mol. The van der Waals surface area contributed by atoms with Gasteiger partial charge in [-0.15, -0.1) is 21.5 Å². The van der Waals surface area contributed by atoms with Crippen molar-refractivity contribution in [2.45, 2.75) is 128 Å². The number of amides is 2. The van der Waals surface area contributed by atoms with Crippen LogP contribution in [0.4, 0.5) is 11.6 Å². The van der Waals surface area contributed by atoms with E-state index in [0.29, 0.717) is 41.1 Å². The molecule has 1 aliphatic carbocycles. The number of aryl methyl sites for hydroxylation is 3. The van der Waals surface area contributed by atoms with Crippen LogP contribution in [-0.4, -0.2) is 127 Å². The number of phenols is 1. The Hall–Kier alpha value is -6.47. The van der Waals surface area contributed by atoms with Crippen LogP contribution < -0.4 is 20.7 Å². The first-order chi connectivity index (χ1) is 36.3. The zero-order valence-corrected chi connectivity index (χ0v) is 44.2. The lowest BCUT2D eigenvalue weighted by Crippen LogP contribution is -2.48. The van der Waals surface area contributed by atoms with Crippen LogP contribution in [0.5, 0.6) is 11.6 Å². The average molecular weight is 1040 g/mol. The molecule has 7 heterocycles. The average Bonchev–Trinajstić information content (AvgIpc) is 4.17. The monoisotopic (exact) mass is 1040 g/mol. The quantitative estimate of drug-likeness (QED) is 0.0643. The Morgan fingerprint density at radius 2 is 1.67 bits per heavy atom. The summed E-state index contributed by atoms with van der Waals surface area (Å²) >= 11 is 1.60. The number of ether oxygens (including phenoxy) is 2. The molecule has 4 fully saturated rings. The number of aromatic hydroxyl groups is 1. The first-order valence-corrected chi connectivity index (χ1v) is 27.6. The van der Waals surface area contributed by atoms with Crippen molar-refractivity contribution >= 4 is 34.8 Å². The molecule has 2 aromatic carbocycles. The number of rotatable bonds is 18.